The lowest BCUT2D eigenvalue weighted by atomic mass is 10.2. The highest BCUT2D eigenvalue weighted by molar-refractivity contribution is 6.33. The van der Waals surface area contributed by atoms with Crippen LogP contribution in [0.5, 0.6) is 5.75 Å². The van der Waals surface area contributed by atoms with E-state index < -0.39 is 0 Å². The summed E-state index contributed by atoms with van der Waals surface area (Å²) in [7, 11) is 1.62. The van der Waals surface area contributed by atoms with Crippen molar-refractivity contribution in [3.05, 3.63) is 23.2 Å². The molecule has 0 radical (unpaired) electrons. The Bertz CT molecular complexity index is 370. The van der Waals surface area contributed by atoms with Crippen LogP contribution in [-0.4, -0.2) is 24.4 Å². The summed E-state index contributed by atoms with van der Waals surface area (Å²) in [6.07, 6.45) is 2.62. The summed E-state index contributed by atoms with van der Waals surface area (Å²) in [5.74, 6) is 0.763. The van der Waals surface area contributed by atoms with E-state index in [0.29, 0.717) is 5.02 Å². The van der Waals surface area contributed by atoms with Crippen molar-refractivity contribution in [1.82, 2.24) is 0 Å². The van der Waals surface area contributed by atoms with Crippen LogP contribution in [0, 0.1) is 0 Å². The van der Waals surface area contributed by atoms with Crippen molar-refractivity contribution >= 4 is 17.3 Å². The van der Waals surface area contributed by atoms with Crippen molar-refractivity contribution in [2.75, 3.05) is 12.4 Å². The predicted molar refractivity (Wildman–Crippen MR) is 65.3 cm³/mol. The molecule has 2 rings (SSSR count). The Kier molecular flexibility index (Phi) is 3.56. The van der Waals surface area contributed by atoms with Gasteiger partial charge in [0.2, 0.25) is 0 Å². The second-order valence-corrected chi connectivity index (χ2v) is 4.50. The molecule has 0 heterocycles. The first kappa shape index (κ1) is 11.6. The lowest BCUT2D eigenvalue weighted by Gasteiger charge is -2.19. The maximum Gasteiger partial charge on any atom is 0.121 e. The van der Waals surface area contributed by atoms with E-state index in [-0.39, 0.29) is 12.1 Å². The molecule has 1 aliphatic rings. The van der Waals surface area contributed by atoms with E-state index in [2.05, 4.69) is 5.32 Å². The molecule has 88 valence electrons. The van der Waals surface area contributed by atoms with E-state index in [1.807, 2.05) is 12.1 Å². The molecule has 1 saturated carbocycles. The number of hydrogen-bond donors (Lipinski definition) is 2. The highest BCUT2D eigenvalue weighted by Crippen LogP contribution is 2.30. The van der Waals surface area contributed by atoms with Gasteiger partial charge in [-0.05, 0) is 31.4 Å². The fraction of sp³-hybridized carbons (Fsp3) is 0.500. The van der Waals surface area contributed by atoms with E-state index in [1.165, 1.54) is 0 Å². The van der Waals surface area contributed by atoms with E-state index in [9.17, 15) is 5.11 Å². The number of ether oxygens (including phenoxy) is 1. The zero-order chi connectivity index (χ0) is 11.5. The van der Waals surface area contributed by atoms with Crippen LogP contribution in [0.1, 0.15) is 19.3 Å². The summed E-state index contributed by atoms with van der Waals surface area (Å²) < 4.78 is 5.14. The van der Waals surface area contributed by atoms with Gasteiger partial charge in [0.05, 0.1) is 30.0 Å². The molecule has 1 aromatic rings. The Morgan fingerprint density at radius 3 is 2.88 bits per heavy atom. The average Bonchev–Trinajstić information content (AvgIpc) is 2.68. The van der Waals surface area contributed by atoms with Gasteiger partial charge in [0.25, 0.3) is 0 Å². The number of nitrogens with one attached hydrogen (secondary N) is 1. The Balaban J connectivity index is 2.13. The van der Waals surface area contributed by atoms with E-state index in [1.54, 1.807) is 13.2 Å². The fourth-order valence-corrected chi connectivity index (χ4v) is 2.22. The third-order valence-electron chi connectivity index (χ3n) is 2.99. The molecule has 0 spiro atoms. The molecule has 2 N–H and O–H groups in total. The highest BCUT2D eigenvalue weighted by Gasteiger charge is 2.25. The topological polar surface area (TPSA) is 41.5 Å². The van der Waals surface area contributed by atoms with Crippen LogP contribution in [0.3, 0.4) is 0 Å². The predicted octanol–water partition coefficient (Wildman–Crippen LogP) is 2.67. The fourth-order valence-electron chi connectivity index (χ4n) is 2.05. The molecule has 0 aromatic heterocycles. The van der Waals surface area contributed by atoms with Crippen LogP contribution in [0.2, 0.25) is 5.02 Å². The van der Waals surface area contributed by atoms with Gasteiger partial charge in [0.1, 0.15) is 5.75 Å². The molecular weight excluding hydrogens is 226 g/mol. The Morgan fingerprint density at radius 1 is 1.44 bits per heavy atom. The van der Waals surface area contributed by atoms with Crippen molar-refractivity contribution in [2.24, 2.45) is 0 Å². The molecule has 1 aliphatic carbocycles. The van der Waals surface area contributed by atoms with Crippen LogP contribution in [0.4, 0.5) is 5.69 Å². The molecule has 1 fully saturated rings. The number of halogens is 1. The zero-order valence-corrected chi connectivity index (χ0v) is 10.00. The van der Waals surface area contributed by atoms with Crippen molar-refractivity contribution in [3.63, 3.8) is 0 Å². The van der Waals surface area contributed by atoms with Crippen molar-refractivity contribution < 1.29 is 9.84 Å². The van der Waals surface area contributed by atoms with Gasteiger partial charge in [0, 0.05) is 6.07 Å². The number of anilines is 1. The first-order valence-corrected chi connectivity index (χ1v) is 5.86. The van der Waals surface area contributed by atoms with Gasteiger partial charge in [-0.1, -0.05) is 11.6 Å². The van der Waals surface area contributed by atoms with Gasteiger partial charge in [-0.25, -0.2) is 0 Å². The number of benzene rings is 1. The first-order chi connectivity index (χ1) is 7.70. The number of aliphatic hydroxyl groups excluding tert-OH is 1. The van der Waals surface area contributed by atoms with Crippen LogP contribution in [0.25, 0.3) is 0 Å². The summed E-state index contributed by atoms with van der Waals surface area (Å²) in [5.41, 5.74) is 0.826. The molecule has 0 unspecified atom stereocenters. The maximum atomic E-state index is 9.73. The van der Waals surface area contributed by atoms with Gasteiger partial charge in [-0.2, -0.15) is 0 Å². The third kappa shape index (κ3) is 2.42. The SMILES string of the molecule is COc1ccc(Cl)c(N[C@H]2CCC[C@@H]2O)c1. The van der Waals surface area contributed by atoms with E-state index in [0.717, 1.165) is 30.7 Å². The second-order valence-electron chi connectivity index (χ2n) is 4.09. The molecule has 0 saturated heterocycles. The molecule has 0 bridgehead atoms. The molecule has 4 heteroatoms. The summed E-state index contributed by atoms with van der Waals surface area (Å²) in [5, 5.41) is 13.7. The van der Waals surface area contributed by atoms with Gasteiger partial charge in [0.15, 0.2) is 0 Å². The summed E-state index contributed by atoms with van der Waals surface area (Å²) in [6.45, 7) is 0. The summed E-state index contributed by atoms with van der Waals surface area (Å²) in [6, 6.07) is 5.57. The average molecular weight is 242 g/mol. The number of aliphatic hydroxyl groups is 1. The lowest BCUT2D eigenvalue weighted by molar-refractivity contribution is 0.172. The normalized spacial score (nSPS) is 24.4. The Labute approximate surface area is 100 Å². The van der Waals surface area contributed by atoms with Gasteiger partial charge >= 0.3 is 0 Å². The summed E-state index contributed by atoms with van der Waals surface area (Å²) in [4.78, 5) is 0. The van der Waals surface area contributed by atoms with Crippen LogP contribution in [0.15, 0.2) is 18.2 Å². The van der Waals surface area contributed by atoms with E-state index in [4.69, 9.17) is 16.3 Å². The van der Waals surface area contributed by atoms with Gasteiger partial charge in [-0.3, -0.25) is 0 Å². The highest BCUT2D eigenvalue weighted by atomic mass is 35.5. The van der Waals surface area contributed by atoms with Gasteiger partial charge < -0.3 is 15.2 Å². The molecule has 16 heavy (non-hydrogen) atoms. The first-order valence-electron chi connectivity index (χ1n) is 5.49. The molecule has 1 aromatic carbocycles. The molecule has 3 nitrogen and oxygen atoms in total. The molecule has 0 aliphatic heterocycles. The molecule has 0 amide bonds. The minimum atomic E-state index is -0.276. The summed E-state index contributed by atoms with van der Waals surface area (Å²) >= 11 is 6.08. The smallest absolute Gasteiger partial charge is 0.121 e. The minimum Gasteiger partial charge on any atom is -0.497 e. The Hall–Kier alpha value is -0.930. The minimum absolute atomic E-state index is 0.101. The second kappa shape index (κ2) is 4.93. The standard InChI is InChI=1S/C12H16ClNO2/c1-16-8-5-6-9(13)11(7-8)14-10-3-2-4-12(10)15/h5-7,10,12,14-15H,2-4H2,1H3/t10-,12-/m0/s1. The monoisotopic (exact) mass is 241 g/mol. The largest absolute Gasteiger partial charge is 0.497 e. The van der Waals surface area contributed by atoms with Crippen LogP contribution < -0.4 is 10.1 Å². The third-order valence-corrected chi connectivity index (χ3v) is 3.32. The molecular formula is C12H16ClNO2. The number of hydrogen-bond acceptors (Lipinski definition) is 3. The number of rotatable bonds is 3. The maximum absolute atomic E-state index is 9.73. The van der Waals surface area contributed by atoms with Crippen LogP contribution in [-0.2, 0) is 0 Å². The van der Waals surface area contributed by atoms with Crippen LogP contribution >= 0.6 is 11.6 Å². The van der Waals surface area contributed by atoms with Crippen molar-refractivity contribution in [1.29, 1.82) is 0 Å². The number of methoxy groups -OCH3 is 1. The van der Waals surface area contributed by atoms with Gasteiger partial charge in [-0.15, -0.1) is 0 Å². The molecule has 2 atom stereocenters. The van der Waals surface area contributed by atoms with Crippen molar-refractivity contribution in [3.8, 4) is 5.75 Å². The quantitative estimate of drug-likeness (QED) is 0.855. The van der Waals surface area contributed by atoms with Crippen molar-refractivity contribution in [2.45, 2.75) is 31.4 Å². The lowest BCUT2D eigenvalue weighted by Crippen LogP contribution is -2.27. The Morgan fingerprint density at radius 2 is 2.25 bits per heavy atom. The van der Waals surface area contributed by atoms with E-state index >= 15 is 0 Å². The zero-order valence-electron chi connectivity index (χ0n) is 9.24.